The van der Waals surface area contributed by atoms with Crippen LogP contribution in [0.3, 0.4) is 0 Å². The third-order valence-corrected chi connectivity index (χ3v) is 2.43. The lowest BCUT2D eigenvalue weighted by Crippen LogP contribution is -2.56. The van der Waals surface area contributed by atoms with E-state index in [0.29, 0.717) is 18.9 Å². The molecule has 0 atom stereocenters. The fraction of sp³-hybridized carbons (Fsp3) is 0.375. The Hall–Kier alpha value is -1.40. The van der Waals surface area contributed by atoms with Crippen LogP contribution in [0.5, 0.6) is 0 Å². The predicted molar refractivity (Wildman–Crippen MR) is 56.1 cm³/mol. The van der Waals surface area contributed by atoms with Crippen molar-refractivity contribution in [3.8, 4) is 0 Å². The van der Waals surface area contributed by atoms with Crippen LogP contribution >= 0.6 is 11.6 Å². The number of hydrogen-bond donors (Lipinski definition) is 1. The number of nitro groups is 1. The van der Waals surface area contributed by atoms with Crippen LogP contribution in [0.15, 0.2) is 12.3 Å². The zero-order valence-corrected chi connectivity index (χ0v) is 8.52. The molecule has 1 saturated heterocycles. The lowest BCUT2D eigenvalue weighted by molar-refractivity contribution is -0.384. The summed E-state index contributed by atoms with van der Waals surface area (Å²) >= 11 is 5.65. The Balaban J connectivity index is 2.34. The summed E-state index contributed by atoms with van der Waals surface area (Å²) in [6, 6.07) is 1.37. The Bertz CT molecular complexity index is 406. The molecule has 80 valence electrons. The highest BCUT2D eigenvalue weighted by atomic mass is 35.5. The molecular weight excluding hydrogens is 220 g/mol. The van der Waals surface area contributed by atoms with E-state index in [9.17, 15) is 10.1 Å². The molecule has 0 spiro atoms. The van der Waals surface area contributed by atoms with E-state index in [2.05, 4.69) is 4.98 Å². The zero-order chi connectivity index (χ0) is 11.0. The van der Waals surface area contributed by atoms with E-state index in [0.717, 1.165) is 0 Å². The highest BCUT2D eigenvalue weighted by Crippen LogP contribution is 2.30. The third-order valence-electron chi connectivity index (χ3n) is 2.22. The first-order valence-electron chi connectivity index (χ1n) is 4.38. The van der Waals surface area contributed by atoms with Gasteiger partial charge in [0, 0.05) is 31.4 Å². The van der Waals surface area contributed by atoms with Gasteiger partial charge in [-0.25, -0.2) is 4.98 Å². The summed E-state index contributed by atoms with van der Waals surface area (Å²) in [6.45, 7) is 1.19. The van der Waals surface area contributed by atoms with E-state index in [-0.39, 0.29) is 16.8 Å². The maximum Gasteiger partial charge on any atom is 0.313 e. The summed E-state index contributed by atoms with van der Waals surface area (Å²) in [6.07, 6.45) is 1.40. The van der Waals surface area contributed by atoms with Crippen LogP contribution in [0.2, 0.25) is 5.02 Å². The minimum absolute atomic E-state index is 0.0714. The van der Waals surface area contributed by atoms with Crippen molar-refractivity contribution >= 4 is 23.1 Å². The monoisotopic (exact) mass is 228 g/mol. The molecule has 1 aliphatic heterocycles. The first-order valence-corrected chi connectivity index (χ1v) is 4.76. The molecule has 2 N–H and O–H groups in total. The molecule has 0 aliphatic carbocycles. The summed E-state index contributed by atoms with van der Waals surface area (Å²) < 4.78 is 0. The van der Waals surface area contributed by atoms with E-state index in [4.69, 9.17) is 17.3 Å². The van der Waals surface area contributed by atoms with E-state index in [1.54, 1.807) is 4.90 Å². The summed E-state index contributed by atoms with van der Waals surface area (Å²) in [5, 5.41) is 11.0. The quantitative estimate of drug-likeness (QED) is 0.598. The molecule has 0 aromatic carbocycles. The van der Waals surface area contributed by atoms with Gasteiger partial charge in [-0.3, -0.25) is 10.1 Å². The van der Waals surface area contributed by atoms with Gasteiger partial charge in [0.25, 0.3) is 0 Å². The Kier molecular flexibility index (Phi) is 2.45. The number of nitrogens with two attached hydrogens (primary N) is 1. The summed E-state index contributed by atoms with van der Waals surface area (Å²) in [4.78, 5) is 16.0. The first kappa shape index (κ1) is 10.1. The second-order valence-electron chi connectivity index (χ2n) is 3.42. The van der Waals surface area contributed by atoms with Gasteiger partial charge in [-0.15, -0.1) is 0 Å². The van der Waals surface area contributed by atoms with Crippen molar-refractivity contribution in [2.45, 2.75) is 6.04 Å². The standard InChI is InChI=1S/C8H9ClN4O2/c9-5-1-7(13(14)15)8(11-2-5)12-3-6(10)4-12/h1-2,6H,3-4,10H2. The van der Waals surface area contributed by atoms with Crippen molar-refractivity contribution in [1.82, 2.24) is 4.98 Å². The topological polar surface area (TPSA) is 85.3 Å². The van der Waals surface area contributed by atoms with Crippen LogP contribution in [0.4, 0.5) is 11.5 Å². The predicted octanol–water partition coefficient (Wildman–Crippen LogP) is 0.790. The van der Waals surface area contributed by atoms with Crippen molar-refractivity contribution in [2.24, 2.45) is 5.73 Å². The second kappa shape index (κ2) is 3.63. The summed E-state index contributed by atoms with van der Waals surface area (Å²) in [7, 11) is 0. The molecule has 0 saturated carbocycles. The summed E-state index contributed by atoms with van der Waals surface area (Å²) in [5.41, 5.74) is 5.52. The van der Waals surface area contributed by atoms with Gasteiger partial charge in [-0.1, -0.05) is 11.6 Å². The van der Waals surface area contributed by atoms with Gasteiger partial charge in [0.05, 0.1) is 9.95 Å². The number of pyridine rings is 1. The fourth-order valence-corrected chi connectivity index (χ4v) is 1.64. The van der Waals surface area contributed by atoms with Gasteiger partial charge in [-0.05, 0) is 0 Å². The minimum atomic E-state index is -0.488. The van der Waals surface area contributed by atoms with Crippen LogP contribution in [0.1, 0.15) is 0 Å². The molecule has 1 aromatic heterocycles. The molecule has 0 bridgehead atoms. The Labute approximate surface area is 90.8 Å². The molecule has 1 fully saturated rings. The highest BCUT2D eigenvalue weighted by molar-refractivity contribution is 6.30. The number of nitrogens with zero attached hydrogens (tertiary/aromatic N) is 3. The molecule has 0 unspecified atom stereocenters. The van der Waals surface area contributed by atoms with Crippen molar-refractivity contribution in [1.29, 1.82) is 0 Å². The number of aromatic nitrogens is 1. The molecule has 6 nitrogen and oxygen atoms in total. The molecule has 7 heteroatoms. The fourth-order valence-electron chi connectivity index (χ4n) is 1.48. The Morgan fingerprint density at radius 1 is 1.67 bits per heavy atom. The molecule has 0 radical (unpaired) electrons. The molecule has 15 heavy (non-hydrogen) atoms. The average Bonchev–Trinajstić information content (AvgIpc) is 2.13. The Morgan fingerprint density at radius 2 is 2.33 bits per heavy atom. The lowest BCUT2D eigenvalue weighted by Gasteiger charge is -2.37. The second-order valence-corrected chi connectivity index (χ2v) is 3.85. The van der Waals surface area contributed by atoms with E-state index >= 15 is 0 Å². The van der Waals surface area contributed by atoms with Crippen LogP contribution in [0.25, 0.3) is 0 Å². The Morgan fingerprint density at radius 3 is 2.87 bits per heavy atom. The highest BCUT2D eigenvalue weighted by Gasteiger charge is 2.30. The third kappa shape index (κ3) is 1.86. The molecule has 2 heterocycles. The molecule has 1 aromatic rings. The van der Waals surface area contributed by atoms with Gasteiger partial charge in [-0.2, -0.15) is 0 Å². The zero-order valence-electron chi connectivity index (χ0n) is 7.76. The molecular formula is C8H9ClN4O2. The SMILES string of the molecule is NC1CN(c2ncc(Cl)cc2[N+](=O)[O-])C1. The van der Waals surface area contributed by atoms with Gasteiger partial charge < -0.3 is 10.6 Å². The minimum Gasteiger partial charge on any atom is -0.348 e. The number of rotatable bonds is 2. The van der Waals surface area contributed by atoms with Crippen LogP contribution in [-0.2, 0) is 0 Å². The van der Waals surface area contributed by atoms with Crippen LogP contribution in [-0.4, -0.2) is 29.0 Å². The largest absolute Gasteiger partial charge is 0.348 e. The van der Waals surface area contributed by atoms with Crippen molar-refractivity contribution in [2.75, 3.05) is 18.0 Å². The first-order chi connectivity index (χ1) is 7.08. The van der Waals surface area contributed by atoms with Gasteiger partial charge in [0.2, 0.25) is 5.82 Å². The maximum atomic E-state index is 10.7. The normalized spacial score (nSPS) is 16.3. The number of halogens is 1. The van der Waals surface area contributed by atoms with Crippen molar-refractivity contribution in [3.05, 3.63) is 27.4 Å². The van der Waals surface area contributed by atoms with E-state index in [1.165, 1.54) is 12.3 Å². The van der Waals surface area contributed by atoms with Crippen molar-refractivity contribution < 1.29 is 4.92 Å². The molecule has 2 rings (SSSR count). The van der Waals surface area contributed by atoms with Crippen molar-refractivity contribution in [3.63, 3.8) is 0 Å². The number of hydrogen-bond acceptors (Lipinski definition) is 5. The molecule has 1 aliphatic rings. The molecule has 0 amide bonds. The van der Waals surface area contributed by atoms with Crippen LogP contribution < -0.4 is 10.6 Å². The van der Waals surface area contributed by atoms with Gasteiger partial charge in [0.15, 0.2) is 0 Å². The average molecular weight is 229 g/mol. The van der Waals surface area contributed by atoms with Crippen LogP contribution in [0, 0.1) is 10.1 Å². The number of anilines is 1. The van der Waals surface area contributed by atoms with E-state index < -0.39 is 4.92 Å². The maximum absolute atomic E-state index is 10.7. The lowest BCUT2D eigenvalue weighted by atomic mass is 10.1. The van der Waals surface area contributed by atoms with E-state index in [1.807, 2.05) is 0 Å². The van der Waals surface area contributed by atoms with Gasteiger partial charge >= 0.3 is 5.69 Å². The smallest absolute Gasteiger partial charge is 0.313 e. The summed E-state index contributed by atoms with van der Waals surface area (Å²) in [5.74, 6) is 0.339. The van der Waals surface area contributed by atoms with Gasteiger partial charge in [0.1, 0.15) is 0 Å².